The van der Waals surface area contributed by atoms with Gasteiger partial charge in [-0.05, 0) is 0 Å². The molecule has 1 rings (SSSR count). The van der Waals surface area contributed by atoms with Crippen molar-refractivity contribution in [1.82, 2.24) is 0 Å². The molecule has 4 N–H and O–H groups in total. The fourth-order valence-corrected chi connectivity index (χ4v) is 1.30. The van der Waals surface area contributed by atoms with Crippen LogP contribution in [-0.2, 0) is 4.74 Å². The number of aliphatic hydroxyl groups is 4. The molecule has 6 heteroatoms. The predicted octanol–water partition coefficient (Wildman–Crippen LogP) is -2.20. The highest BCUT2D eigenvalue weighted by molar-refractivity contribution is 4.91. The molecule has 0 aromatic carbocycles. The zero-order valence-corrected chi connectivity index (χ0v) is 6.88. The maximum absolute atomic E-state index is 13.0. The Morgan fingerprint density at radius 2 is 1.54 bits per heavy atom. The summed E-state index contributed by atoms with van der Waals surface area (Å²) in [6, 6.07) is 0. The topological polar surface area (TPSA) is 90.2 Å². The molecule has 0 aliphatic carbocycles. The van der Waals surface area contributed by atoms with E-state index in [9.17, 15) is 4.39 Å². The molecule has 1 fully saturated rings. The average molecular weight is 195 g/mol. The molecule has 1 saturated heterocycles. The molecule has 0 radical (unpaired) electrons. The summed E-state index contributed by atoms with van der Waals surface area (Å²) in [5.41, 5.74) is 0. The monoisotopic (exact) mass is 195 g/mol. The van der Waals surface area contributed by atoms with Crippen molar-refractivity contribution in [3.05, 3.63) is 0 Å². The minimum atomic E-state index is -1.83. The van der Waals surface area contributed by atoms with E-state index in [1.54, 1.807) is 0 Å². The molecule has 1 aliphatic rings. The standard InChI is InChI=1S/C7H13FO5/c8-5-3(1-9)13-4(2-10)6(11)7(5)12/h3-7,9-12H,1-2H2/t3-,4?,5+,6-,7?/m0/s1/i8-1. The van der Waals surface area contributed by atoms with Crippen molar-refractivity contribution in [3.8, 4) is 0 Å². The lowest BCUT2D eigenvalue weighted by Gasteiger charge is -2.38. The van der Waals surface area contributed by atoms with Gasteiger partial charge in [0, 0.05) is 0 Å². The van der Waals surface area contributed by atoms with Crippen LogP contribution in [0.1, 0.15) is 0 Å². The van der Waals surface area contributed by atoms with Crippen LogP contribution in [0.4, 0.5) is 4.39 Å². The maximum Gasteiger partial charge on any atom is 0.157 e. The van der Waals surface area contributed by atoms with Crippen molar-refractivity contribution >= 4 is 0 Å². The third kappa shape index (κ3) is 1.97. The Balaban J connectivity index is 2.66. The van der Waals surface area contributed by atoms with Crippen molar-refractivity contribution < 1.29 is 29.6 Å². The molecule has 13 heavy (non-hydrogen) atoms. The van der Waals surface area contributed by atoms with Gasteiger partial charge in [0.1, 0.15) is 24.4 Å². The molecule has 0 saturated carbocycles. The van der Waals surface area contributed by atoms with Gasteiger partial charge in [0.15, 0.2) is 6.17 Å². The number of halogens is 1. The predicted molar refractivity (Wildman–Crippen MR) is 39.7 cm³/mol. The maximum atomic E-state index is 13.0. The van der Waals surface area contributed by atoms with E-state index in [4.69, 9.17) is 25.2 Å². The van der Waals surface area contributed by atoms with Crippen LogP contribution in [0.3, 0.4) is 0 Å². The Hall–Kier alpha value is -0.270. The Morgan fingerprint density at radius 3 is 2.00 bits per heavy atom. The van der Waals surface area contributed by atoms with Gasteiger partial charge in [-0.25, -0.2) is 4.39 Å². The second-order valence-electron chi connectivity index (χ2n) is 3.00. The Labute approximate surface area is 74.4 Å². The van der Waals surface area contributed by atoms with Crippen molar-refractivity contribution in [2.45, 2.75) is 30.6 Å². The molecule has 5 atom stereocenters. The fourth-order valence-electron chi connectivity index (χ4n) is 1.30. The first-order chi connectivity index (χ1) is 6.11. The molecule has 0 aromatic heterocycles. The highest BCUT2D eigenvalue weighted by Crippen LogP contribution is 2.22. The molecule has 0 bridgehead atoms. The van der Waals surface area contributed by atoms with Crippen molar-refractivity contribution in [2.75, 3.05) is 13.2 Å². The zero-order valence-electron chi connectivity index (χ0n) is 6.88. The van der Waals surface area contributed by atoms with Crippen molar-refractivity contribution in [3.63, 3.8) is 0 Å². The Kier molecular flexibility index (Phi) is 3.57. The molecular weight excluding hydrogens is 182 g/mol. The van der Waals surface area contributed by atoms with Crippen LogP contribution in [0.25, 0.3) is 0 Å². The minimum absolute atomic E-state index is 0.526. The SMILES string of the molecule is OCC1O[C@@H](CO)[C@@H]([18F])C(O)[C@H]1O. The van der Waals surface area contributed by atoms with Gasteiger partial charge in [-0.3, -0.25) is 0 Å². The Bertz CT molecular complexity index is 147. The number of hydrogen-bond acceptors (Lipinski definition) is 5. The first kappa shape index (κ1) is 10.8. The van der Waals surface area contributed by atoms with Crippen LogP contribution in [0.2, 0.25) is 0 Å². The first-order valence-electron chi connectivity index (χ1n) is 3.99. The summed E-state index contributed by atoms with van der Waals surface area (Å²) in [6.45, 7) is -1.12. The number of aliphatic hydroxyl groups excluding tert-OH is 4. The van der Waals surface area contributed by atoms with Gasteiger partial charge in [-0.2, -0.15) is 0 Å². The van der Waals surface area contributed by atoms with Crippen LogP contribution in [-0.4, -0.2) is 64.2 Å². The molecule has 1 aliphatic heterocycles. The quantitative estimate of drug-likeness (QED) is 0.401. The summed E-state index contributed by atoms with van der Waals surface area (Å²) in [6.07, 6.45) is -7.14. The minimum Gasteiger partial charge on any atom is -0.394 e. The highest BCUT2D eigenvalue weighted by Gasteiger charge is 2.44. The van der Waals surface area contributed by atoms with Gasteiger partial charge in [0.05, 0.1) is 13.2 Å². The van der Waals surface area contributed by atoms with E-state index in [1.807, 2.05) is 0 Å². The van der Waals surface area contributed by atoms with Crippen LogP contribution in [0.5, 0.6) is 0 Å². The molecule has 0 amide bonds. The molecular formula is C7H13FO5. The summed E-state index contributed by atoms with van der Waals surface area (Å²) in [7, 11) is 0. The summed E-state index contributed by atoms with van der Waals surface area (Å²) >= 11 is 0. The van der Waals surface area contributed by atoms with Crippen LogP contribution < -0.4 is 0 Å². The van der Waals surface area contributed by atoms with Gasteiger partial charge in [0.25, 0.3) is 0 Å². The summed E-state index contributed by atoms with van der Waals surface area (Å²) < 4.78 is 17.8. The largest absolute Gasteiger partial charge is 0.394 e. The summed E-state index contributed by atoms with van der Waals surface area (Å²) in [5, 5.41) is 35.6. The molecule has 1 heterocycles. The first-order valence-corrected chi connectivity index (χ1v) is 3.99. The van der Waals surface area contributed by atoms with Crippen LogP contribution >= 0.6 is 0 Å². The van der Waals surface area contributed by atoms with E-state index in [2.05, 4.69) is 0 Å². The van der Waals surface area contributed by atoms with Gasteiger partial charge in [-0.15, -0.1) is 0 Å². The molecule has 0 aromatic rings. The number of rotatable bonds is 2. The van der Waals surface area contributed by atoms with E-state index in [0.29, 0.717) is 0 Å². The van der Waals surface area contributed by atoms with Gasteiger partial charge < -0.3 is 25.2 Å². The fraction of sp³-hybridized carbons (Fsp3) is 1.00. The lowest BCUT2D eigenvalue weighted by molar-refractivity contribution is -0.219. The van der Waals surface area contributed by atoms with Gasteiger partial charge in [0.2, 0.25) is 0 Å². The van der Waals surface area contributed by atoms with E-state index in [1.165, 1.54) is 0 Å². The molecule has 2 unspecified atom stereocenters. The summed E-state index contributed by atoms with van der Waals surface area (Å²) in [5.74, 6) is 0. The number of ether oxygens (including phenoxy) is 1. The van der Waals surface area contributed by atoms with Crippen molar-refractivity contribution in [2.24, 2.45) is 0 Å². The Morgan fingerprint density at radius 1 is 1.00 bits per heavy atom. The second-order valence-corrected chi connectivity index (χ2v) is 3.00. The van der Waals surface area contributed by atoms with Gasteiger partial charge >= 0.3 is 0 Å². The third-order valence-electron chi connectivity index (χ3n) is 2.12. The third-order valence-corrected chi connectivity index (χ3v) is 2.12. The van der Waals surface area contributed by atoms with Crippen molar-refractivity contribution in [1.29, 1.82) is 0 Å². The molecule has 78 valence electrons. The van der Waals surface area contributed by atoms with E-state index in [-0.39, 0.29) is 0 Å². The number of alkyl halides is 1. The molecule has 5 nitrogen and oxygen atoms in total. The zero-order chi connectivity index (χ0) is 10.0. The average Bonchev–Trinajstić information content (AvgIpc) is 2.15. The van der Waals surface area contributed by atoms with Crippen LogP contribution in [0.15, 0.2) is 0 Å². The van der Waals surface area contributed by atoms with E-state index < -0.39 is 43.8 Å². The van der Waals surface area contributed by atoms with E-state index >= 15 is 0 Å². The molecule has 0 spiro atoms. The summed E-state index contributed by atoms with van der Waals surface area (Å²) in [4.78, 5) is 0. The smallest absolute Gasteiger partial charge is 0.157 e. The van der Waals surface area contributed by atoms with Crippen LogP contribution in [0, 0.1) is 0 Å². The van der Waals surface area contributed by atoms with E-state index in [0.717, 1.165) is 0 Å². The highest BCUT2D eigenvalue weighted by atomic mass is 18.2. The normalized spacial score (nSPS) is 46.4. The lowest BCUT2D eigenvalue weighted by atomic mass is 9.96. The number of hydrogen-bond donors (Lipinski definition) is 4. The van der Waals surface area contributed by atoms with Gasteiger partial charge in [-0.1, -0.05) is 0 Å². The second kappa shape index (κ2) is 4.30. The lowest BCUT2D eigenvalue weighted by Crippen LogP contribution is -2.57.